The molecule has 0 saturated carbocycles. The molecule has 5 heteroatoms. The van der Waals surface area contributed by atoms with E-state index in [0.29, 0.717) is 19.8 Å². The van der Waals surface area contributed by atoms with Crippen LogP contribution in [0, 0.1) is 0 Å². The smallest absolute Gasteiger partial charge is 0.325 e. The Kier molecular flexibility index (Phi) is 8.51. The molecule has 14 heavy (non-hydrogen) atoms. The SMILES string of the molecule is CNC(COCCCOC)C(=O)OC. The number of carbonyl (C=O) groups excluding carboxylic acids is 1. The fourth-order valence-corrected chi connectivity index (χ4v) is 0.918. The van der Waals surface area contributed by atoms with Gasteiger partial charge in [0.1, 0.15) is 6.04 Å². The van der Waals surface area contributed by atoms with Crippen molar-refractivity contribution in [3.63, 3.8) is 0 Å². The third kappa shape index (κ3) is 5.90. The Morgan fingerprint density at radius 1 is 1.36 bits per heavy atom. The average Bonchev–Trinajstić information content (AvgIpc) is 2.22. The highest BCUT2D eigenvalue weighted by molar-refractivity contribution is 5.75. The second kappa shape index (κ2) is 8.93. The fraction of sp³-hybridized carbons (Fsp3) is 0.889. The van der Waals surface area contributed by atoms with Gasteiger partial charge in [-0.2, -0.15) is 0 Å². The lowest BCUT2D eigenvalue weighted by atomic mass is 10.3. The van der Waals surface area contributed by atoms with Crippen molar-refractivity contribution < 1.29 is 19.0 Å². The highest BCUT2D eigenvalue weighted by Crippen LogP contribution is 1.91. The third-order valence-corrected chi connectivity index (χ3v) is 1.76. The van der Waals surface area contributed by atoms with E-state index in [1.54, 1.807) is 14.2 Å². The van der Waals surface area contributed by atoms with Gasteiger partial charge in [-0.05, 0) is 13.5 Å². The minimum absolute atomic E-state index is 0.306. The predicted octanol–water partition coefficient (Wildman–Crippen LogP) is -0.199. The number of ether oxygens (including phenoxy) is 3. The van der Waals surface area contributed by atoms with Crippen molar-refractivity contribution in [2.24, 2.45) is 0 Å². The third-order valence-electron chi connectivity index (χ3n) is 1.76. The van der Waals surface area contributed by atoms with Crippen LogP contribution in [0.15, 0.2) is 0 Å². The molecule has 1 atom stereocenters. The van der Waals surface area contributed by atoms with Crippen molar-refractivity contribution in [1.29, 1.82) is 0 Å². The molecule has 0 aromatic carbocycles. The number of rotatable bonds is 8. The van der Waals surface area contributed by atoms with Crippen LogP contribution in [0.5, 0.6) is 0 Å². The van der Waals surface area contributed by atoms with Crippen molar-refractivity contribution in [2.75, 3.05) is 41.1 Å². The Morgan fingerprint density at radius 3 is 2.57 bits per heavy atom. The summed E-state index contributed by atoms with van der Waals surface area (Å²) < 4.78 is 14.7. The first-order valence-corrected chi connectivity index (χ1v) is 4.58. The highest BCUT2D eigenvalue weighted by Gasteiger charge is 2.16. The number of likely N-dealkylation sites (N-methyl/N-ethyl adjacent to an activating group) is 1. The summed E-state index contributed by atoms with van der Waals surface area (Å²) in [6, 6.07) is -0.387. The summed E-state index contributed by atoms with van der Waals surface area (Å²) in [6.45, 7) is 1.58. The molecule has 0 bridgehead atoms. The molecule has 1 unspecified atom stereocenters. The standard InChI is InChI=1S/C9H19NO4/c1-10-8(9(11)13-3)7-14-6-4-5-12-2/h8,10H,4-7H2,1-3H3. The van der Waals surface area contributed by atoms with Gasteiger partial charge >= 0.3 is 5.97 Å². The zero-order chi connectivity index (χ0) is 10.8. The Balaban J connectivity index is 3.48. The van der Waals surface area contributed by atoms with Crippen molar-refractivity contribution in [3.8, 4) is 0 Å². The van der Waals surface area contributed by atoms with Crippen LogP contribution < -0.4 is 5.32 Å². The summed E-state index contributed by atoms with van der Waals surface area (Å²) >= 11 is 0. The van der Waals surface area contributed by atoms with Gasteiger partial charge in [0.05, 0.1) is 13.7 Å². The van der Waals surface area contributed by atoms with Crippen LogP contribution >= 0.6 is 0 Å². The van der Waals surface area contributed by atoms with E-state index >= 15 is 0 Å². The van der Waals surface area contributed by atoms with Crippen molar-refractivity contribution >= 4 is 5.97 Å². The molecule has 0 aliphatic rings. The van der Waals surface area contributed by atoms with Gasteiger partial charge in [-0.1, -0.05) is 0 Å². The van der Waals surface area contributed by atoms with E-state index < -0.39 is 0 Å². The van der Waals surface area contributed by atoms with E-state index in [0.717, 1.165) is 6.42 Å². The lowest BCUT2D eigenvalue weighted by molar-refractivity contribution is -0.144. The molecule has 5 nitrogen and oxygen atoms in total. The Bertz CT molecular complexity index is 152. The molecule has 0 radical (unpaired) electrons. The molecule has 0 fully saturated rings. The fourth-order valence-electron chi connectivity index (χ4n) is 0.918. The largest absolute Gasteiger partial charge is 0.468 e. The molecule has 0 heterocycles. The first-order chi connectivity index (χ1) is 6.76. The molecule has 0 aliphatic carbocycles. The molecule has 1 N–H and O–H groups in total. The summed E-state index contributed by atoms with van der Waals surface area (Å²) in [4.78, 5) is 11.1. The maximum atomic E-state index is 11.1. The van der Waals surface area contributed by atoms with Gasteiger partial charge in [0.2, 0.25) is 0 Å². The highest BCUT2D eigenvalue weighted by atomic mass is 16.5. The van der Waals surface area contributed by atoms with Gasteiger partial charge in [-0.15, -0.1) is 0 Å². The topological polar surface area (TPSA) is 56.8 Å². The Hall–Kier alpha value is -0.650. The van der Waals surface area contributed by atoms with Crippen LogP contribution in [0.2, 0.25) is 0 Å². The molecule has 84 valence electrons. The molecular weight excluding hydrogens is 186 g/mol. The quantitative estimate of drug-likeness (QED) is 0.439. The summed E-state index contributed by atoms with van der Waals surface area (Å²) in [5.41, 5.74) is 0. The number of hydrogen-bond donors (Lipinski definition) is 1. The van der Waals surface area contributed by atoms with Crippen LogP contribution in [-0.4, -0.2) is 53.1 Å². The molecule has 0 rings (SSSR count). The van der Waals surface area contributed by atoms with Gasteiger partial charge in [0.25, 0.3) is 0 Å². The van der Waals surface area contributed by atoms with Crippen LogP contribution in [0.3, 0.4) is 0 Å². The Morgan fingerprint density at radius 2 is 2.07 bits per heavy atom. The number of nitrogens with one attached hydrogen (secondary N) is 1. The number of esters is 1. The first kappa shape index (κ1) is 13.4. The monoisotopic (exact) mass is 205 g/mol. The number of carbonyl (C=O) groups is 1. The molecule has 0 spiro atoms. The van der Waals surface area contributed by atoms with E-state index in [1.165, 1.54) is 7.11 Å². The molecule has 0 aromatic rings. The number of hydrogen-bond acceptors (Lipinski definition) is 5. The van der Waals surface area contributed by atoms with E-state index in [9.17, 15) is 4.79 Å². The lowest BCUT2D eigenvalue weighted by Gasteiger charge is -2.13. The first-order valence-electron chi connectivity index (χ1n) is 4.58. The van der Waals surface area contributed by atoms with E-state index in [4.69, 9.17) is 9.47 Å². The second-order valence-corrected chi connectivity index (χ2v) is 2.79. The minimum atomic E-state index is -0.387. The van der Waals surface area contributed by atoms with E-state index in [1.807, 2.05) is 0 Å². The lowest BCUT2D eigenvalue weighted by Crippen LogP contribution is -2.39. The van der Waals surface area contributed by atoms with Crippen molar-refractivity contribution in [3.05, 3.63) is 0 Å². The van der Waals surface area contributed by atoms with Crippen molar-refractivity contribution in [2.45, 2.75) is 12.5 Å². The molecule has 0 aliphatic heterocycles. The predicted molar refractivity (Wildman–Crippen MR) is 52.2 cm³/mol. The van der Waals surface area contributed by atoms with Gasteiger partial charge in [-0.3, -0.25) is 4.79 Å². The van der Waals surface area contributed by atoms with Crippen LogP contribution in [0.25, 0.3) is 0 Å². The van der Waals surface area contributed by atoms with E-state index in [2.05, 4.69) is 10.1 Å². The average molecular weight is 205 g/mol. The van der Waals surface area contributed by atoms with E-state index in [-0.39, 0.29) is 12.0 Å². The Labute approximate surface area is 84.7 Å². The molecule has 0 amide bonds. The maximum absolute atomic E-state index is 11.1. The normalized spacial score (nSPS) is 12.5. The maximum Gasteiger partial charge on any atom is 0.325 e. The van der Waals surface area contributed by atoms with Gasteiger partial charge in [0, 0.05) is 20.3 Å². The van der Waals surface area contributed by atoms with Gasteiger partial charge in [0.15, 0.2) is 0 Å². The number of methoxy groups -OCH3 is 2. The summed E-state index contributed by atoms with van der Waals surface area (Å²) in [7, 11) is 4.70. The summed E-state index contributed by atoms with van der Waals surface area (Å²) in [5.74, 6) is -0.306. The van der Waals surface area contributed by atoms with Crippen LogP contribution in [0.1, 0.15) is 6.42 Å². The molecule has 0 saturated heterocycles. The summed E-state index contributed by atoms with van der Waals surface area (Å²) in [5, 5.41) is 2.81. The summed E-state index contributed by atoms with van der Waals surface area (Å²) in [6.07, 6.45) is 0.827. The van der Waals surface area contributed by atoms with Gasteiger partial charge in [-0.25, -0.2) is 0 Å². The van der Waals surface area contributed by atoms with Crippen LogP contribution in [-0.2, 0) is 19.0 Å². The molecule has 0 aromatic heterocycles. The zero-order valence-corrected chi connectivity index (χ0v) is 9.04. The minimum Gasteiger partial charge on any atom is -0.468 e. The van der Waals surface area contributed by atoms with Crippen LogP contribution in [0.4, 0.5) is 0 Å². The van der Waals surface area contributed by atoms with Crippen molar-refractivity contribution in [1.82, 2.24) is 5.32 Å². The zero-order valence-electron chi connectivity index (χ0n) is 9.04. The second-order valence-electron chi connectivity index (χ2n) is 2.79. The van der Waals surface area contributed by atoms with Gasteiger partial charge < -0.3 is 19.5 Å². The molecular formula is C9H19NO4.